The van der Waals surface area contributed by atoms with Gasteiger partial charge in [-0.2, -0.15) is 13.2 Å². The third-order valence-electron chi connectivity index (χ3n) is 3.16. The lowest BCUT2D eigenvalue weighted by Gasteiger charge is -2.24. The molecular formula is C16H24F3N3O. The number of hydrogen-bond donors (Lipinski definition) is 2. The van der Waals surface area contributed by atoms with Crippen LogP contribution in [-0.2, 0) is 6.18 Å². The Morgan fingerprint density at radius 1 is 1.22 bits per heavy atom. The zero-order chi connectivity index (χ0) is 17.6. The number of carbonyl (C=O) groups excluding carboxylic acids is 1. The summed E-state index contributed by atoms with van der Waals surface area (Å²) < 4.78 is 38.8. The van der Waals surface area contributed by atoms with Gasteiger partial charge in [-0.15, -0.1) is 0 Å². The molecule has 0 aromatic heterocycles. The van der Waals surface area contributed by atoms with Crippen LogP contribution in [0, 0.1) is 5.92 Å². The summed E-state index contributed by atoms with van der Waals surface area (Å²) in [5.41, 5.74) is -1.10. The minimum Gasteiger partial charge on any atom is -0.334 e. The summed E-state index contributed by atoms with van der Waals surface area (Å²) in [4.78, 5) is 14.0. The topological polar surface area (TPSA) is 44.4 Å². The molecule has 23 heavy (non-hydrogen) atoms. The first-order valence-corrected chi connectivity index (χ1v) is 7.48. The van der Waals surface area contributed by atoms with Gasteiger partial charge in [-0.05, 0) is 38.6 Å². The number of anilines is 1. The number of rotatable bonds is 6. The number of nitrogens with one attached hydrogen (secondary N) is 2. The van der Waals surface area contributed by atoms with Crippen molar-refractivity contribution in [1.82, 2.24) is 10.2 Å². The van der Waals surface area contributed by atoms with Gasteiger partial charge in [0.15, 0.2) is 0 Å². The molecular weight excluding hydrogens is 307 g/mol. The fourth-order valence-electron chi connectivity index (χ4n) is 2.37. The van der Waals surface area contributed by atoms with E-state index in [4.69, 9.17) is 0 Å². The van der Waals surface area contributed by atoms with Gasteiger partial charge in [0.25, 0.3) is 0 Å². The third kappa shape index (κ3) is 6.90. The van der Waals surface area contributed by atoms with Crippen LogP contribution >= 0.6 is 0 Å². The van der Waals surface area contributed by atoms with Crippen LogP contribution < -0.4 is 10.6 Å². The summed E-state index contributed by atoms with van der Waals surface area (Å²) in [6.07, 6.45) is -3.77. The van der Waals surface area contributed by atoms with Crippen LogP contribution in [0.15, 0.2) is 24.3 Å². The third-order valence-corrected chi connectivity index (χ3v) is 3.16. The zero-order valence-electron chi connectivity index (χ0n) is 13.9. The summed E-state index contributed by atoms with van der Waals surface area (Å²) in [6, 6.07) is 4.17. The van der Waals surface area contributed by atoms with Gasteiger partial charge in [0.05, 0.1) is 11.3 Å². The number of carbonyl (C=O) groups is 1. The molecule has 1 aromatic carbocycles. The molecule has 4 nitrogen and oxygen atoms in total. The maximum Gasteiger partial charge on any atom is 0.418 e. The Morgan fingerprint density at radius 3 is 2.35 bits per heavy atom. The molecule has 0 saturated heterocycles. The highest BCUT2D eigenvalue weighted by Crippen LogP contribution is 2.34. The summed E-state index contributed by atoms with van der Waals surface area (Å²) in [6.45, 7) is 4.68. The van der Waals surface area contributed by atoms with Gasteiger partial charge in [0, 0.05) is 12.6 Å². The minimum absolute atomic E-state index is 0.136. The van der Waals surface area contributed by atoms with Crippen molar-refractivity contribution in [3.05, 3.63) is 29.8 Å². The smallest absolute Gasteiger partial charge is 0.334 e. The largest absolute Gasteiger partial charge is 0.418 e. The van der Waals surface area contributed by atoms with Crippen molar-refractivity contribution in [2.24, 2.45) is 5.92 Å². The maximum atomic E-state index is 12.9. The van der Waals surface area contributed by atoms with E-state index in [1.54, 1.807) is 0 Å². The van der Waals surface area contributed by atoms with E-state index in [2.05, 4.69) is 10.6 Å². The fourth-order valence-corrected chi connectivity index (χ4v) is 2.37. The number of likely N-dealkylation sites (N-methyl/N-ethyl adjacent to an activating group) is 1. The van der Waals surface area contributed by atoms with Crippen LogP contribution in [0.25, 0.3) is 0 Å². The summed E-state index contributed by atoms with van der Waals surface area (Å²) in [5.74, 6) is 0.364. The fraction of sp³-hybridized carbons (Fsp3) is 0.562. The lowest BCUT2D eigenvalue weighted by molar-refractivity contribution is -0.136. The molecule has 0 aliphatic rings. The van der Waals surface area contributed by atoms with E-state index in [0.717, 1.165) is 12.5 Å². The Balaban J connectivity index is 2.79. The Morgan fingerprint density at radius 2 is 1.83 bits per heavy atom. The molecule has 0 heterocycles. The summed E-state index contributed by atoms with van der Waals surface area (Å²) in [5, 5.41) is 5.05. The van der Waals surface area contributed by atoms with E-state index in [1.165, 1.54) is 18.2 Å². The highest BCUT2D eigenvalue weighted by molar-refractivity contribution is 5.90. The molecule has 1 unspecified atom stereocenters. The van der Waals surface area contributed by atoms with Crippen molar-refractivity contribution in [2.75, 3.05) is 26.0 Å². The Kier molecular flexibility index (Phi) is 6.87. The van der Waals surface area contributed by atoms with Gasteiger partial charge in [-0.3, -0.25) is 0 Å². The minimum atomic E-state index is -4.51. The number of para-hydroxylation sites is 1. The van der Waals surface area contributed by atoms with E-state index in [1.807, 2.05) is 32.8 Å². The van der Waals surface area contributed by atoms with Crippen LogP contribution in [0.2, 0.25) is 0 Å². The molecule has 2 N–H and O–H groups in total. The lowest BCUT2D eigenvalue weighted by Crippen LogP contribution is -2.44. The van der Waals surface area contributed by atoms with Crippen molar-refractivity contribution in [1.29, 1.82) is 0 Å². The van der Waals surface area contributed by atoms with Gasteiger partial charge in [0.1, 0.15) is 0 Å². The van der Waals surface area contributed by atoms with Crippen LogP contribution in [-0.4, -0.2) is 37.6 Å². The molecule has 0 spiro atoms. The van der Waals surface area contributed by atoms with Crippen LogP contribution in [0.5, 0.6) is 0 Å². The number of hydrogen-bond acceptors (Lipinski definition) is 2. The van der Waals surface area contributed by atoms with E-state index in [-0.39, 0.29) is 11.7 Å². The molecule has 0 bridgehead atoms. The number of amides is 2. The number of halogens is 3. The molecule has 7 heteroatoms. The van der Waals surface area contributed by atoms with Crippen LogP contribution in [0.1, 0.15) is 25.8 Å². The van der Waals surface area contributed by atoms with E-state index in [9.17, 15) is 18.0 Å². The van der Waals surface area contributed by atoms with Gasteiger partial charge in [-0.25, -0.2) is 4.79 Å². The number of nitrogens with zero attached hydrogens (tertiary/aromatic N) is 1. The number of benzene rings is 1. The second-order valence-corrected chi connectivity index (χ2v) is 6.23. The molecule has 0 aliphatic carbocycles. The lowest BCUT2D eigenvalue weighted by atomic mass is 10.0. The van der Waals surface area contributed by atoms with Gasteiger partial charge in [0.2, 0.25) is 0 Å². The van der Waals surface area contributed by atoms with Crippen LogP contribution in [0.3, 0.4) is 0 Å². The van der Waals surface area contributed by atoms with Crippen molar-refractivity contribution in [2.45, 2.75) is 32.5 Å². The molecule has 0 fully saturated rings. The quantitative estimate of drug-likeness (QED) is 0.833. The predicted octanol–water partition coefficient (Wildman–Crippen LogP) is 3.80. The van der Waals surface area contributed by atoms with Crippen LogP contribution in [0.4, 0.5) is 23.7 Å². The zero-order valence-corrected chi connectivity index (χ0v) is 13.9. The van der Waals surface area contributed by atoms with E-state index in [0.29, 0.717) is 12.5 Å². The van der Waals surface area contributed by atoms with E-state index < -0.39 is 17.8 Å². The second kappa shape index (κ2) is 8.19. The molecule has 1 atom stereocenters. The normalized spacial score (nSPS) is 13.3. The van der Waals surface area contributed by atoms with Crippen molar-refractivity contribution >= 4 is 11.7 Å². The predicted molar refractivity (Wildman–Crippen MR) is 85.4 cm³/mol. The molecule has 0 radical (unpaired) electrons. The average Bonchev–Trinajstić information content (AvgIpc) is 2.35. The number of alkyl halides is 3. The molecule has 2 amide bonds. The molecule has 1 aromatic rings. The highest BCUT2D eigenvalue weighted by atomic mass is 19.4. The summed E-state index contributed by atoms with van der Waals surface area (Å²) >= 11 is 0. The highest BCUT2D eigenvalue weighted by Gasteiger charge is 2.33. The Bertz CT molecular complexity index is 506. The van der Waals surface area contributed by atoms with Crippen molar-refractivity contribution in [3.8, 4) is 0 Å². The Hall–Kier alpha value is -1.76. The van der Waals surface area contributed by atoms with E-state index >= 15 is 0 Å². The number of urea groups is 1. The standard InChI is InChI=1S/C16H24F3N3O/c1-11(2)9-12(10-22(3)4)20-15(23)21-14-8-6-5-7-13(14)16(17,18)19/h5-8,11-12H,9-10H2,1-4H3,(H2,20,21,23). The molecule has 0 saturated carbocycles. The summed E-state index contributed by atoms with van der Waals surface area (Å²) in [7, 11) is 3.76. The first kappa shape index (κ1) is 19.3. The van der Waals surface area contributed by atoms with Crippen molar-refractivity contribution < 1.29 is 18.0 Å². The maximum absolute atomic E-state index is 12.9. The molecule has 1 rings (SSSR count). The monoisotopic (exact) mass is 331 g/mol. The average molecular weight is 331 g/mol. The van der Waals surface area contributed by atoms with Gasteiger partial charge >= 0.3 is 12.2 Å². The first-order chi connectivity index (χ1) is 10.6. The SMILES string of the molecule is CC(C)CC(CN(C)C)NC(=O)Nc1ccccc1C(F)(F)F. The Labute approximate surface area is 135 Å². The second-order valence-electron chi connectivity index (χ2n) is 6.23. The first-order valence-electron chi connectivity index (χ1n) is 7.48. The van der Waals surface area contributed by atoms with Gasteiger partial charge in [-0.1, -0.05) is 26.0 Å². The van der Waals surface area contributed by atoms with Crippen molar-refractivity contribution in [3.63, 3.8) is 0 Å². The van der Waals surface area contributed by atoms with Gasteiger partial charge < -0.3 is 15.5 Å². The molecule has 130 valence electrons. The molecule has 0 aliphatic heterocycles.